The molecule has 2 fully saturated rings. The number of nitrogens with zero attached hydrogens (tertiary/aromatic N) is 1. The van der Waals surface area contributed by atoms with Crippen molar-refractivity contribution in [2.75, 3.05) is 20.1 Å². The quantitative estimate of drug-likeness (QED) is 0.716. The van der Waals surface area contributed by atoms with Crippen LogP contribution in [-0.4, -0.2) is 54.4 Å². The first-order chi connectivity index (χ1) is 9.65. The smallest absolute Gasteiger partial charge is 0.315 e. The molecule has 0 spiro atoms. The van der Waals surface area contributed by atoms with Gasteiger partial charge >= 0.3 is 6.03 Å². The molecule has 2 aliphatic rings. The van der Waals surface area contributed by atoms with Crippen molar-refractivity contribution in [3.05, 3.63) is 0 Å². The second-order valence-corrected chi connectivity index (χ2v) is 6.32. The topological polar surface area (TPSA) is 64.6 Å². The van der Waals surface area contributed by atoms with Crippen LogP contribution in [0.25, 0.3) is 0 Å². The number of hydrogen-bond acceptors (Lipinski definition) is 3. The fraction of sp³-hybridized carbons (Fsp3) is 0.933. The molecule has 2 saturated carbocycles. The van der Waals surface area contributed by atoms with Gasteiger partial charge in [0.15, 0.2) is 0 Å². The third kappa shape index (κ3) is 4.94. The Morgan fingerprint density at radius 1 is 1.15 bits per heavy atom. The van der Waals surface area contributed by atoms with E-state index >= 15 is 0 Å². The summed E-state index contributed by atoms with van der Waals surface area (Å²) < 4.78 is 0. The van der Waals surface area contributed by atoms with Gasteiger partial charge in [-0.05, 0) is 45.6 Å². The Kier molecular flexibility index (Phi) is 6.10. The highest BCUT2D eigenvalue weighted by atomic mass is 16.3. The molecular formula is C15H29N3O2. The largest absolute Gasteiger partial charge is 0.393 e. The van der Waals surface area contributed by atoms with Gasteiger partial charge in [-0.15, -0.1) is 0 Å². The van der Waals surface area contributed by atoms with Crippen LogP contribution in [0.15, 0.2) is 0 Å². The van der Waals surface area contributed by atoms with Crippen LogP contribution in [0.1, 0.15) is 51.4 Å². The molecule has 2 rings (SSSR count). The van der Waals surface area contributed by atoms with Gasteiger partial charge in [0.25, 0.3) is 0 Å². The molecule has 20 heavy (non-hydrogen) atoms. The summed E-state index contributed by atoms with van der Waals surface area (Å²) in [6.07, 6.45) is 8.49. The zero-order valence-corrected chi connectivity index (χ0v) is 12.6. The Morgan fingerprint density at radius 3 is 2.45 bits per heavy atom. The molecule has 0 bridgehead atoms. The summed E-state index contributed by atoms with van der Waals surface area (Å²) in [7, 11) is 2.15. The number of likely N-dealkylation sites (N-methyl/N-ethyl adjacent to an activating group) is 1. The van der Waals surface area contributed by atoms with Crippen LogP contribution < -0.4 is 10.6 Å². The van der Waals surface area contributed by atoms with Gasteiger partial charge in [-0.1, -0.05) is 12.8 Å². The Balaban J connectivity index is 1.55. The summed E-state index contributed by atoms with van der Waals surface area (Å²) in [5.74, 6) is 0. The molecule has 5 nitrogen and oxygen atoms in total. The van der Waals surface area contributed by atoms with Crippen LogP contribution in [-0.2, 0) is 0 Å². The Hall–Kier alpha value is -0.810. The lowest BCUT2D eigenvalue weighted by Gasteiger charge is -2.27. The molecular weight excluding hydrogens is 254 g/mol. The summed E-state index contributed by atoms with van der Waals surface area (Å²) in [4.78, 5) is 14.2. The molecule has 2 aliphatic carbocycles. The van der Waals surface area contributed by atoms with E-state index in [-0.39, 0.29) is 18.2 Å². The third-order valence-electron chi connectivity index (χ3n) is 4.73. The van der Waals surface area contributed by atoms with E-state index in [0.29, 0.717) is 12.6 Å². The second kappa shape index (κ2) is 7.84. The van der Waals surface area contributed by atoms with Crippen molar-refractivity contribution < 1.29 is 9.90 Å². The first-order valence-corrected chi connectivity index (χ1v) is 8.08. The number of nitrogens with one attached hydrogen (secondary N) is 2. The van der Waals surface area contributed by atoms with Crippen molar-refractivity contribution in [1.82, 2.24) is 15.5 Å². The Bertz CT molecular complexity index is 297. The fourth-order valence-electron chi connectivity index (χ4n) is 3.33. The van der Waals surface area contributed by atoms with E-state index in [4.69, 9.17) is 0 Å². The molecule has 0 aliphatic heterocycles. The van der Waals surface area contributed by atoms with Gasteiger partial charge < -0.3 is 20.6 Å². The van der Waals surface area contributed by atoms with Gasteiger partial charge in [-0.25, -0.2) is 4.79 Å². The number of urea groups is 1. The van der Waals surface area contributed by atoms with Crippen molar-refractivity contribution in [3.63, 3.8) is 0 Å². The highest BCUT2D eigenvalue weighted by Gasteiger charge is 2.21. The van der Waals surface area contributed by atoms with Crippen LogP contribution >= 0.6 is 0 Å². The van der Waals surface area contributed by atoms with Crippen molar-refractivity contribution in [2.24, 2.45) is 0 Å². The average molecular weight is 283 g/mol. The minimum atomic E-state index is -0.170. The van der Waals surface area contributed by atoms with E-state index in [1.807, 2.05) is 0 Å². The van der Waals surface area contributed by atoms with Crippen molar-refractivity contribution >= 4 is 6.03 Å². The minimum Gasteiger partial charge on any atom is -0.393 e. The molecule has 3 N–H and O–H groups in total. The number of aliphatic hydroxyl groups is 1. The first-order valence-electron chi connectivity index (χ1n) is 8.08. The number of rotatable bonds is 5. The van der Waals surface area contributed by atoms with E-state index in [1.165, 1.54) is 25.7 Å². The standard InChI is InChI=1S/C15H29N3O2/c1-18(13-4-2-3-5-13)11-10-16-15(20)17-12-6-8-14(19)9-7-12/h12-14,19H,2-11H2,1H3,(H2,16,17,20). The first kappa shape index (κ1) is 15.6. The number of hydrogen-bond donors (Lipinski definition) is 3. The minimum absolute atomic E-state index is 0.0637. The summed E-state index contributed by atoms with van der Waals surface area (Å²) in [5, 5.41) is 15.4. The molecule has 116 valence electrons. The third-order valence-corrected chi connectivity index (χ3v) is 4.73. The molecule has 2 amide bonds. The summed E-state index contributed by atoms with van der Waals surface area (Å²) in [6.45, 7) is 1.62. The summed E-state index contributed by atoms with van der Waals surface area (Å²) in [5.41, 5.74) is 0. The highest BCUT2D eigenvalue weighted by Crippen LogP contribution is 2.21. The van der Waals surface area contributed by atoms with Crippen molar-refractivity contribution in [2.45, 2.75) is 69.6 Å². The van der Waals surface area contributed by atoms with Crippen LogP contribution in [0.2, 0.25) is 0 Å². The highest BCUT2D eigenvalue weighted by molar-refractivity contribution is 5.74. The Labute approximate surface area is 122 Å². The van der Waals surface area contributed by atoms with Crippen molar-refractivity contribution in [3.8, 4) is 0 Å². The molecule has 0 heterocycles. The zero-order valence-electron chi connectivity index (χ0n) is 12.6. The Morgan fingerprint density at radius 2 is 1.80 bits per heavy atom. The van der Waals surface area contributed by atoms with Gasteiger partial charge in [0.2, 0.25) is 0 Å². The van der Waals surface area contributed by atoms with Gasteiger partial charge in [0.05, 0.1) is 6.10 Å². The van der Waals surface area contributed by atoms with Gasteiger partial charge in [0, 0.05) is 25.2 Å². The predicted octanol–water partition coefficient (Wildman–Crippen LogP) is 1.46. The maximum absolute atomic E-state index is 11.8. The van der Waals surface area contributed by atoms with Crippen LogP contribution in [0.4, 0.5) is 4.79 Å². The molecule has 0 atom stereocenters. The monoisotopic (exact) mass is 283 g/mol. The molecule has 0 saturated heterocycles. The number of aliphatic hydroxyl groups excluding tert-OH is 1. The number of carbonyl (C=O) groups excluding carboxylic acids is 1. The molecule has 0 aromatic carbocycles. The molecule has 0 aromatic rings. The number of carbonyl (C=O) groups is 1. The lowest BCUT2D eigenvalue weighted by Crippen LogP contribution is -2.46. The van der Waals surface area contributed by atoms with Crippen LogP contribution in [0.5, 0.6) is 0 Å². The zero-order chi connectivity index (χ0) is 14.4. The maximum Gasteiger partial charge on any atom is 0.315 e. The van der Waals surface area contributed by atoms with E-state index in [9.17, 15) is 9.90 Å². The van der Waals surface area contributed by atoms with Gasteiger partial charge in [0.1, 0.15) is 0 Å². The maximum atomic E-state index is 11.8. The summed E-state index contributed by atoms with van der Waals surface area (Å²) in [6, 6.07) is 0.872. The lowest BCUT2D eigenvalue weighted by molar-refractivity contribution is 0.117. The van der Waals surface area contributed by atoms with Crippen LogP contribution in [0, 0.1) is 0 Å². The van der Waals surface area contributed by atoms with Crippen molar-refractivity contribution in [1.29, 1.82) is 0 Å². The molecule has 0 radical (unpaired) electrons. The average Bonchev–Trinajstić information content (AvgIpc) is 2.95. The van der Waals surface area contributed by atoms with E-state index in [2.05, 4.69) is 22.6 Å². The molecule has 5 heteroatoms. The molecule has 0 unspecified atom stereocenters. The van der Waals surface area contributed by atoms with E-state index in [1.54, 1.807) is 0 Å². The SMILES string of the molecule is CN(CCNC(=O)NC1CCC(O)CC1)C1CCCC1. The summed E-state index contributed by atoms with van der Waals surface area (Å²) >= 11 is 0. The van der Waals surface area contributed by atoms with E-state index in [0.717, 1.165) is 32.2 Å². The second-order valence-electron chi connectivity index (χ2n) is 6.32. The van der Waals surface area contributed by atoms with E-state index < -0.39 is 0 Å². The van der Waals surface area contributed by atoms with Crippen LogP contribution in [0.3, 0.4) is 0 Å². The van der Waals surface area contributed by atoms with Gasteiger partial charge in [-0.2, -0.15) is 0 Å². The number of amides is 2. The lowest BCUT2D eigenvalue weighted by atomic mass is 9.93. The molecule has 0 aromatic heterocycles. The normalized spacial score (nSPS) is 27.8. The predicted molar refractivity (Wildman–Crippen MR) is 79.7 cm³/mol. The fourth-order valence-corrected chi connectivity index (χ4v) is 3.33. The van der Waals surface area contributed by atoms with Gasteiger partial charge in [-0.3, -0.25) is 0 Å².